The maximum atomic E-state index is 3.07. The molecule has 0 aromatic heterocycles. The number of nitrogens with one attached hydrogen (secondary N) is 3. The minimum Gasteiger partial charge on any atom is -0.244 e. The Morgan fingerprint density at radius 1 is 0.700 bits per heavy atom. The molecule has 1 rings (SSSR count). The van der Waals surface area contributed by atoms with E-state index in [-0.39, 0.29) is 19.5 Å². The Labute approximate surface area is 75.0 Å². The summed E-state index contributed by atoms with van der Waals surface area (Å²) in [7, 11) is 0. The molecule has 0 spiro atoms. The minimum absolute atomic E-state index is 0. The van der Waals surface area contributed by atoms with Crippen molar-refractivity contribution < 1.29 is 19.5 Å². The van der Waals surface area contributed by atoms with E-state index in [9.17, 15) is 0 Å². The zero-order chi connectivity index (χ0) is 6.36. The predicted octanol–water partition coefficient (Wildman–Crippen LogP) is 0.157. The molecule has 62 valence electrons. The van der Waals surface area contributed by atoms with Crippen LogP contribution in [0, 0.1) is 0 Å². The van der Waals surface area contributed by atoms with Gasteiger partial charge in [0.2, 0.25) is 0 Å². The van der Waals surface area contributed by atoms with Gasteiger partial charge >= 0.3 is 0 Å². The van der Waals surface area contributed by atoms with Gasteiger partial charge in [-0.1, -0.05) is 12.8 Å². The van der Waals surface area contributed by atoms with Gasteiger partial charge < -0.3 is 0 Å². The van der Waals surface area contributed by atoms with Crippen molar-refractivity contribution in [3.8, 4) is 0 Å². The molecule has 0 aromatic rings. The molecular weight excluding hydrogens is 215 g/mol. The van der Waals surface area contributed by atoms with E-state index >= 15 is 0 Å². The van der Waals surface area contributed by atoms with E-state index in [0.717, 1.165) is 13.1 Å². The molecule has 0 radical (unpaired) electrons. The summed E-state index contributed by atoms with van der Waals surface area (Å²) in [4.78, 5) is 0. The van der Waals surface area contributed by atoms with Gasteiger partial charge in [0.15, 0.2) is 0 Å². The van der Waals surface area contributed by atoms with E-state index in [0.29, 0.717) is 0 Å². The van der Waals surface area contributed by atoms with Crippen molar-refractivity contribution in [2.24, 2.45) is 0 Å². The van der Waals surface area contributed by atoms with Crippen LogP contribution in [0.2, 0.25) is 0 Å². The molecule has 3 N–H and O–H groups in total. The van der Waals surface area contributed by atoms with Crippen LogP contribution in [0.4, 0.5) is 0 Å². The van der Waals surface area contributed by atoms with Crippen molar-refractivity contribution >= 4 is 0 Å². The third-order valence-corrected chi connectivity index (χ3v) is 1.53. The van der Waals surface area contributed by atoms with E-state index in [1.54, 1.807) is 0 Å². The van der Waals surface area contributed by atoms with Gasteiger partial charge in [-0.3, -0.25) is 0 Å². The number of hydrazine groups is 2. The first kappa shape index (κ1) is 10.5. The molecule has 1 saturated heterocycles. The molecule has 1 heterocycles. The van der Waals surface area contributed by atoms with Crippen LogP contribution < -0.4 is 16.4 Å². The zero-order valence-electron chi connectivity index (χ0n) is 6.10. The molecule has 3 nitrogen and oxygen atoms in total. The van der Waals surface area contributed by atoms with Crippen molar-refractivity contribution in [3.05, 3.63) is 0 Å². The van der Waals surface area contributed by atoms with E-state index in [2.05, 4.69) is 16.4 Å². The monoisotopic (exact) mass is 231 g/mol. The van der Waals surface area contributed by atoms with Gasteiger partial charge in [0.25, 0.3) is 0 Å². The Morgan fingerprint density at radius 3 is 1.70 bits per heavy atom. The molecule has 0 amide bonds. The largest absolute Gasteiger partial charge is 0.244 e. The predicted molar refractivity (Wildman–Crippen MR) is 37.6 cm³/mol. The van der Waals surface area contributed by atoms with Crippen LogP contribution in [0.25, 0.3) is 0 Å². The summed E-state index contributed by atoms with van der Waals surface area (Å²) in [6.45, 7) is 2.15. The summed E-state index contributed by atoms with van der Waals surface area (Å²) >= 11 is 0. The summed E-state index contributed by atoms with van der Waals surface area (Å²) in [5, 5.41) is 0. The standard InChI is InChI=1S/C6H15N3.Ru/c1-2-4-6-8-9-7-5-3-1;/h7-9H,1-6H2;. The second-order valence-electron chi connectivity index (χ2n) is 2.39. The first-order valence-electron chi connectivity index (χ1n) is 3.71. The Kier molecular flexibility index (Phi) is 7.99. The van der Waals surface area contributed by atoms with Crippen molar-refractivity contribution in [1.29, 1.82) is 0 Å². The average molecular weight is 230 g/mol. The average Bonchev–Trinajstić information content (AvgIpc) is 2.00. The zero-order valence-corrected chi connectivity index (χ0v) is 7.83. The fourth-order valence-corrected chi connectivity index (χ4v) is 0.968. The van der Waals surface area contributed by atoms with Gasteiger partial charge in [-0.25, -0.2) is 10.9 Å². The smallest absolute Gasteiger partial charge is 0.0113 e. The molecular formula is C6H15N3Ru. The summed E-state index contributed by atoms with van der Waals surface area (Å²) in [6, 6.07) is 0. The topological polar surface area (TPSA) is 36.1 Å². The quantitative estimate of drug-likeness (QED) is 0.519. The second-order valence-corrected chi connectivity index (χ2v) is 2.39. The number of hydrogen-bond donors (Lipinski definition) is 3. The van der Waals surface area contributed by atoms with Crippen LogP contribution in [0.5, 0.6) is 0 Å². The molecule has 0 saturated carbocycles. The Bertz CT molecular complexity index is 41.5. The molecule has 1 aliphatic rings. The van der Waals surface area contributed by atoms with Crippen LogP contribution in [-0.2, 0) is 19.5 Å². The first-order chi connectivity index (χ1) is 4.50. The van der Waals surface area contributed by atoms with Gasteiger partial charge in [-0.05, 0) is 12.8 Å². The molecule has 0 aliphatic carbocycles. The van der Waals surface area contributed by atoms with Gasteiger partial charge in [-0.15, -0.1) is 0 Å². The van der Waals surface area contributed by atoms with E-state index in [4.69, 9.17) is 0 Å². The summed E-state index contributed by atoms with van der Waals surface area (Å²) in [5.74, 6) is 0. The van der Waals surface area contributed by atoms with E-state index < -0.39 is 0 Å². The van der Waals surface area contributed by atoms with Crippen molar-refractivity contribution in [2.45, 2.75) is 25.7 Å². The summed E-state index contributed by atoms with van der Waals surface area (Å²) < 4.78 is 0. The maximum absolute atomic E-state index is 3.07. The fraction of sp³-hybridized carbons (Fsp3) is 1.00. The van der Waals surface area contributed by atoms with Gasteiger partial charge in [-0.2, -0.15) is 5.53 Å². The second kappa shape index (κ2) is 7.61. The normalized spacial score (nSPS) is 21.6. The van der Waals surface area contributed by atoms with Gasteiger partial charge in [0.1, 0.15) is 0 Å². The van der Waals surface area contributed by atoms with Gasteiger partial charge in [0.05, 0.1) is 0 Å². The van der Waals surface area contributed by atoms with Crippen molar-refractivity contribution in [3.63, 3.8) is 0 Å². The van der Waals surface area contributed by atoms with Crippen LogP contribution >= 0.6 is 0 Å². The number of hydrogen-bond acceptors (Lipinski definition) is 3. The molecule has 0 unspecified atom stereocenters. The summed E-state index contributed by atoms with van der Waals surface area (Å²) in [5.41, 5.74) is 9.06. The first-order valence-corrected chi connectivity index (χ1v) is 3.71. The van der Waals surface area contributed by atoms with Gasteiger partial charge in [0, 0.05) is 32.6 Å². The molecule has 1 aliphatic heterocycles. The molecule has 0 atom stereocenters. The molecule has 0 aromatic carbocycles. The van der Waals surface area contributed by atoms with Crippen LogP contribution in [0.1, 0.15) is 25.7 Å². The van der Waals surface area contributed by atoms with Crippen molar-refractivity contribution in [1.82, 2.24) is 16.4 Å². The van der Waals surface area contributed by atoms with Crippen LogP contribution in [-0.4, -0.2) is 13.1 Å². The Balaban J connectivity index is 0.000000810. The maximum Gasteiger partial charge on any atom is 0.0113 e. The minimum atomic E-state index is 0. The third kappa shape index (κ3) is 5.30. The van der Waals surface area contributed by atoms with Crippen LogP contribution in [0.3, 0.4) is 0 Å². The SMILES string of the molecule is C1CCCNNNCC1.[Ru]. The Morgan fingerprint density at radius 2 is 1.20 bits per heavy atom. The van der Waals surface area contributed by atoms with E-state index in [1.807, 2.05) is 0 Å². The number of rotatable bonds is 0. The Hall–Kier alpha value is 0.503. The molecule has 10 heavy (non-hydrogen) atoms. The summed E-state index contributed by atoms with van der Waals surface area (Å²) in [6.07, 6.45) is 5.29. The molecule has 0 bridgehead atoms. The van der Waals surface area contributed by atoms with Crippen molar-refractivity contribution in [2.75, 3.05) is 13.1 Å². The molecule has 4 heteroatoms. The molecule has 1 fully saturated rings. The van der Waals surface area contributed by atoms with Crippen LogP contribution in [0.15, 0.2) is 0 Å². The fourth-order valence-electron chi connectivity index (χ4n) is 0.968. The third-order valence-electron chi connectivity index (χ3n) is 1.53. The van der Waals surface area contributed by atoms with E-state index in [1.165, 1.54) is 25.7 Å².